The molecule has 3 heterocycles. The van der Waals surface area contributed by atoms with Gasteiger partial charge in [0, 0.05) is 57.8 Å². The summed E-state index contributed by atoms with van der Waals surface area (Å²) in [6, 6.07) is 65.4. The highest BCUT2D eigenvalue weighted by atomic mass is 16.5. The summed E-state index contributed by atoms with van der Waals surface area (Å²) in [7, 11) is 0. The standard InChI is InChI=1S/C61H58N4O/c1-59(2,3)47-30-31-62-58(37-47)65-55-27-19-18-26-53(55)54-29-28-51(39-56(54)65)66-52-35-45(43-22-14-10-15-23-43)33-49(38-52)63-40-57(61(7,8)46-24-16-11-17-25-46)64(41-63)50-34-44(42-20-12-9-13-21-42)32-48(36-50)60(4,5)6/h9-40H,41H2,1-8H3. The van der Waals surface area contributed by atoms with Crippen molar-refractivity contribution in [3.05, 3.63) is 217 Å². The van der Waals surface area contributed by atoms with E-state index >= 15 is 0 Å². The fourth-order valence-corrected chi connectivity index (χ4v) is 9.37. The number of para-hydroxylation sites is 1. The van der Waals surface area contributed by atoms with Gasteiger partial charge in [-0.3, -0.25) is 4.57 Å². The quantitative estimate of drug-likeness (QED) is 0.145. The van der Waals surface area contributed by atoms with Crippen molar-refractivity contribution in [2.24, 2.45) is 0 Å². The van der Waals surface area contributed by atoms with Crippen LogP contribution in [0, 0.1) is 0 Å². The van der Waals surface area contributed by atoms with Crippen LogP contribution in [0.1, 0.15) is 72.1 Å². The summed E-state index contributed by atoms with van der Waals surface area (Å²) >= 11 is 0. The Labute approximate surface area is 390 Å². The Morgan fingerprint density at radius 1 is 0.455 bits per heavy atom. The molecular formula is C61H58N4O. The summed E-state index contributed by atoms with van der Waals surface area (Å²) < 4.78 is 9.29. The first-order valence-corrected chi connectivity index (χ1v) is 23.1. The molecule has 9 aromatic rings. The molecule has 1 aliphatic heterocycles. The molecule has 0 bridgehead atoms. The highest BCUT2D eigenvalue weighted by Crippen LogP contribution is 2.45. The molecule has 0 amide bonds. The van der Waals surface area contributed by atoms with Gasteiger partial charge in [0.2, 0.25) is 0 Å². The van der Waals surface area contributed by atoms with Crippen molar-refractivity contribution in [2.75, 3.05) is 16.5 Å². The van der Waals surface area contributed by atoms with Crippen LogP contribution in [0.2, 0.25) is 0 Å². The molecule has 0 unspecified atom stereocenters. The minimum Gasteiger partial charge on any atom is -0.457 e. The molecule has 0 atom stereocenters. The van der Waals surface area contributed by atoms with Crippen molar-refractivity contribution < 1.29 is 4.74 Å². The van der Waals surface area contributed by atoms with Crippen LogP contribution in [0.5, 0.6) is 11.5 Å². The number of fused-ring (bicyclic) bond motifs is 3. The van der Waals surface area contributed by atoms with E-state index in [0.29, 0.717) is 6.67 Å². The molecule has 0 fully saturated rings. The minimum absolute atomic E-state index is 0.0204. The van der Waals surface area contributed by atoms with E-state index < -0.39 is 0 Å². The molecule has 0 saturated heterocycles. The van der Waals surface area contributed by atoms with Crippen molar-refractivity contribution in [2.45, 2.75) is 71.6 Å². The van der Waals surface area contributed by atoms with Crippen LogP contribution < -0.4 is 14.5 Å². The molecule has 0 N–H and O–H groups in total. The average molecular weight is 863 g/mol. The number of anilines is 2. The van der Waals surface area contributed by atoms with E-state index in [1.807, 2.05) is 6.20 Å². The molecule has 66 heavy (non-hydrogen) atoms. The molecule has 0 saturated carbocycles. The van der Waals surface area contributed by atoms with Crippen molar-refractivity contribution in [3.8, 4) is 39.6 Å². The van der Waals surface area contributed by atoms with E-state index in [-0.39, 0.29) is 16.2 Å². The monoisotopic (exact) mass is 862 g/mol. The van der Waals surface area contributed by atoms with Gasteiger partial charge in [0.1, 0.15) is 17.3 Å². The number of hydrogen-bond donors (Lipinski definition) is 0. The van der Waals surface area contributed by atoms with E-state index in [0.717, 1.165) is 50.6 Å². The number of rotatable bonds is 9. The number of nitrogens with zero attached hydrogens (tertiary/aromatic N) is 4. The third-order valence-electron chi connectivity index (χ3n) is 13.3. The summed E-state index contributed by atoms with van der Waals surface area (Å²) in [6.07, 6.45) is 4.29. The zero-order valence-corrected chi connectivity index (χ0v) is 39.4. The van der Waals surface area contributed by atoms with Crippen LogP contribution in [0.3, 0.4) is 0 Å². The highest BCUT2D eigenvalue weighted by molar-refractivity contribution is 6.09. The van der Waals surface area contributed by atoms with Gasteiger partial charge >= 0.3 is 0 Å². The fourth-order valence-electron chi connectivity index (χ4n) is 9.37. The molecule has 0 radical (unpaired) electrons. The molecule has 328 valence electrons. The molecule has 0 aliphatic carbocycles. The van der Waals surface area contributed by atoms with E-state index in [2.05, 4.69) is 258 Å². The van der Waals surface area contributed by atoms with Gasteiger partial charge in [0.05, 0.1) is 17.7 Å². The second kappa shape index (κ2) is 16.6. The zero-order chi connectivity index (χ0) is 45.8. The van der Waals surface area contributed by atoms with Crippen molar-refractivity contribution in [1.82, 2.24) is 9.55 Å². The van der Waals surface area contributed by atoms with Crippen molar-refractivity contribution >= 4 is 33.2 Å². The lowest BCUT2D eigenvalue weighted by Crippen LogP contribution is -2.34. The van der Waals surface area contributed by atoms with E-state index in [9.17, 15) is 0 Å². The lowest BCUT2D eigenvalue weighted by Gasteiger charge is -2.35. The molecule has 5 heteroatoms. The Morgan fingerprint density at radius 3 is 1.74 bits per heavy atom. The van der Waals surface area contributed by atoms with Crippen LogP contribution in [0.4, 0.5) is 11.4 Å². The van der Waals surface area contributed by atoms with Crippen LogP contribution in [0.15, 0.2) is 200 Å². The summed E-state index contributed by atoms with van der Waals surface area (Å²) in [5.74, 6) is 2.41. The summed E-state index contributed by atoms with van der Waals surface area (Å²) in [5.41, 5.74) is 13.6. The topological polar surface area (TPSA) is 33.5 Å². The van der Waals surface area contributed by atoms with Gasteiger partial charge in [0.25, 0.3) is 0 Å². The zero-order valence-electron chi connectivity index (χ0n) is 39.4. The second-order valence-electron chi connectivity index (χ2n) is 20.3. The smallest absolute Gasteiger partial charge is 0.137 e. The summed E-state index contributed by atoms with van der Waals surface area (Å²) in [5, 5.41) is 2.33. The van der Waals surface area contributed by atoms with Gasteiger partial charge in [-0.05, 0) is 104 Å². The Bertz CT molecular complexity index is 3240. The Kier molecular flexibility index (Phi) is 10.7. The molecular weight excluding hydrogens is 805 g/mol. The molecule has 2 aromatic heterocycles. The van der Waals surface area contributed by atoms with Gasteiger partial charge in [-0.25, -0.2) is 4.98 Å². The van der Waals surface area contributed by atoms with Crippen molar-refractivity contribution in [3.63, 3.8) is 0 Å². The maximum Gasteiger partial charge on any atom is 0.137 e. The maximum atomic E-state index is 7.01. The lowest BCUT2D eigenvalue weighted by molar-refractivity contribution is 0.483. The molecule has 5 nitrogen and oxygen atoms in total. The normalized spacial score (nSPS) is 13.4. The molecule has 7 aromatic carbocycles. The second-order valence-corrected chi connectivity index (χ2v) is 20.3. The first-order valence-electron chi connectivity index (χ1n) is 23.1. The van der Waals surface area contributed by atoms with Crippen LogP contribution in [0.25, 0.3) is 49.9 Å². The summed E-state index contributed by atoms with van der Waals surface area (Å²) in [6.45, 7) is 19.0. The molecule has 0 spiro atoms. The van der Waals surface area contributed by atoms with Gasteiger partial charge in [0.15, 0.2) is 0 Å². The maximum absolute atomic E-state index is 7.01. The van der Waals surface area contributed by atoms with Crippen LogP contribution in [-0.2, 0) is 16.2 Å². The van der Waals surface area contributed by atoms with E-state index in [4.69, 9.17) is 9.72 Å². The summed E-state index contributed by atoms with van der Waals surface area (Å²) in [4.78, 5) is 9.83. The largest absolute Gasteiger partial charge is 0.457 e. The van der Waals surface area contributed by atoms with Gasteiger partial charge < -0.3 is 14.5 Å². The number of allylic oxidation sites excluding steroid dienone is 1. The predicted molar refractivity (Wildman–Crippen MR) is 277 cm³/mol. The SMILES string of the molecule is CC(C)(C)c1cc(-c2ccccc2)cc(N2CN(c3cc(Oc4ccc5c6ccccc6n(-c6cc(C(C)(C)C)ccn6)c5c4)cc(-c4ccccc4)c3)C=C2C(C)(C)c2ccccc2)c1. The third-order valence-corrected chi connectivity index (χ3v) is 13.3. The minimum atomic E-state index is -0.327. The first-order chi connectivity index (χ1) is 31.7. The first kappa shape index (κ1) is 42.6. The number of benzene rings is 7. The van der Waals surface area contributed by atoms with E-state index in [1.54, 1.807) is 0 Å². The number of hydrogen-bond acceptors (Lipinski definition) is 4. The van der Waals surface area contributed by atoms with Gasteiger partial charge in [-0.15, -0.1) is 0 Å². The molecule has 10 rings (SSSR count). The van der Waals surface area contributed by atoms with Gasteiger partial charge in [-0.1, -0.05) is 171 Å². The van der Waals surface area contributed by atoms with Gasteiger partial charge in [-0.2, -0.15) is 0 Å². The van der Waals surface area contributed by atoms with E-state index in [1.165, 1.54) is 44.6 Å². The molecule has 1 aliphatic rings. The van der Waals surface area contributed by atoms with Crippen LogP contribution in [-0.4, -0.2) is 16.2 Å². The predicted octanol–water partition coefficient (Wildman–Crippen LogP) is 16.0. The Balaban J connectivity index is 1.10. The highest BCUT2D eigenvalue weighted by Gasteiger charge is 2.36. The van der Waals surface area contributed by atoms with Crippen LogP contribution >= 0.6 is 0 Å². The number of ether oxygens (including phenoxy) is 1. The van der Waals surface area contributed by atoms with Crippen molar-refractivity contribution in [1.29, 1.82) is 0 Å². The number of aromatic nitrogens is 2. The Morgan fingerprint density at radius 2 is 1.06 bits per heavy atom. The average Bonchev–Trinajstić information content (AvgIpc) is 3.93. The third kappa shape index (κ3) is 8.15. The lowest BCUT2D eigenvalue weighted by atomic mass is 9.80. The number of pyridine rings is 1. The fraction of sp³-hybridized carbons (Fsp3) is 0.197. The Hall–Kier alpha value is -7.37.